The van der Waals surface area contributed by atoms with Crippen molar-refractivity contribution in [3.63, 3.8) is 0 Å². The van der Waals surface area contributed by atoms with E-state index in [9.17, 15) is 0 Å². The Morgan fingerprint density at radius 3 is 1.44 bits per heavy atom. The summed E-state index contributed by atoms with van der Waals surface area (Å²) in [7, 11) is 0. The molecule has 3 aliphatic rings. The third-order valence-corrected chi connectivity index (χ3v) is 14.4. The first-order chi connectivity index (χ1) is 35.2. The monoisotopic (exact) mass is 907 g/mol. The molecule has 0 N–H and O–H groups in total. The number of para-hydroxylation sites is 4. The summed E-state index contributed by atoms with van der Waals surface area (Å²) in [6.45, 7) is -0.0892. The second-order valence-corrected chi connectivity index (χ2v) is 18.3. The second kappa shape index (κ2) is 16.4. The lowest BCUT2D eigenvalue weighted by Crippen LogP contribution is -2.65. The fraction of sp³-hybridized carbons (Fsp3) is 0.0156. The molecule has 1 aromatic heterocycles. The number of hydrogen-bond donors (Lipinski definition) is 0. The van der Waals surface area contributed by atoms with Crippen LogP contribution in [0.1, 0.15) is 22.3 Å². The smallest absolute Gasteiger partial charge is 0.247 e. The molecule has 0 aliphatic carbocycles. The summed E-state index contributed by atoms with van der Waals surface area (Å²) in [6.07, 6.45) is 0. The molecule has 0 amide bonds. The predicted octanol–water partition coefficient (Wildman–Crippen LogP) is 13.4. The molecule has 6 nitrogen and oxygen atoms in total. The molecule has 332 valence electrons. The molecular weight excluding hydrogens is 866 g/mol. The van der Waals surface area contributed by atoms with Crippen molar-refractivity contribution in [2.75, 3.05) is 9.80 Å². The van der Waals surface area contributed by atoms with E-state index in [0.717, 1.165) is 62.3 Å². The first kappa shape index (κ1) is 40.7. The molecular formula is C64H42BN5O. The third-order valence-electron chi connectivity index (χ3n) is 14.4. The Labute approximate surface area is 412 Å². The van der Waals surface area contributed by atoms with E-state index in [4.69, 9.17) is 19.7 Å². The molecule has 0 spiro atoms. The number of fused-ring (bicyclic) bond motifs is 7. The van der Waals surface area contributed by atoms with E-state index in [1.54, 1.807) is 0 Å². The van der Waals surface area contributed by atoms with Crippen molar-refractivity contribution >= 4 is 57.2 Å². The maximum atomic E-state index is 7.43. The average Bonchev–Trinajstić information content (AvgIpc) is 3.46. The highest BCUT2D eigenvalue weighted by molar-refractivity contribution is 6.99. The van der Waals surface area contributed by atoms with Gasteiger partial charge in [-0.1, -0.05) is 200 Å². The Hall–Kier alpha value is -9.33. The van der Waals surface area contributed by atoms with Crippen LogP contribution in [-0.2, 0) is 5.41 Å². The van der Waals surface area contributed by atoms with Gasteiger partial charge in [0.2, 0.25) is 6.71 Å². The standard InChI is InChI=1S/C64H42BN5O/c1-6-22-43(23-7-1)61-66-62(44-24-8-2-9-25-44)68-63(67-61)45-38-40-49(41-39-45)69-55-36-20-21-37-57(55)71-60-56(69)42-51-58-59(60)70(48-30-14-5-15-31-48)54-35-19-18-34-53(54)65(58)52-33-17-16-32-50(52)64(51,46-26-10-3-11-27-46)47-28-12-4-13-29-47/h1-42H. The highest BCUT2D eigenvalue weighted by Gasteiger charge is 2.53. The molecule has 4 heterocycles. The van der Waals surface area contributed by atoms with Crippen molar-refractivity contribution in [2.45, 2.75) is 5.41 Å². The molecule has 0 saturated carbocycles. The van der Waals surface area contributed by atoms with Crippen LogP contribution < -0.4 is 30.9 Å². The molecule has 0 unspecified atom stereocenters. The second-order valence-electron chi connectivity index (χ2n) is 18.3. The van der Waals surface area contributed by atoms with Crippen LogP contribution >= 0.6 is 0 Å². The van der Waals surface area contributed by atoms with Crippen molar-refractivity contribution in [3.8, 4) is 45.7 Å². The number of aromatic nitrogens is 3. The van der Waals surface area contributed by atoms with Gasteiger partial charge in [0.05, 0.1) is 22.5 Å². The van der Waals surface area contributed by atoms with Crippen LogP contribution in [0.2, 0.25) is 0 Å². The topological polar surface area (TPSA) is 54.4 Å². The Bertz CT molecular complexity index is 3700. The van der Waals surface area contributed by atoms with Gasteiger partial charge in [0.1, 0.15) is 0 Å². The van der Waals surface area contributed by atoms with Crippen LogP contribution in [0.5, 0.6) is 11.5 Å². The zero-order valence-corrected chi connectivity index (χ0v) is 38.5. The molecule has 0 fully saturated rings. The van der Waals surface area contributed by atoms with Gasteiger partial charge in [-0.15, -0.1) is 0 Å². The van der Waals surface area contributed by atoms with Gasteiger partial charge in [-0.05, 0) is 93.8 Å². The minimum atomic E-state index is -0.721. The number of ether oxygens (including phenoxy) is 1. The SMILES string of the molecule is c1ccc(-c2nc(-c3ccccc3)nc(-c3ccc(N4c5ccccc5Oc5c4cc4c6c5N(c5ccccc5)c5ccccc5B6c5ccccc5C4(c4ccccc4)c4ccccc4)cc3)n2)cc1. The van der Waals surface area contributed by atoms with Gasteiger partial charge in [0.25, 0.3) is 0 Å². The maximum absolute atomic E-state index is 7.43. The Kier molecular flexibility index (Phi) is 9.42. The molecule has 0 bridgehead atoms. The van der Waals surface area contributed by atoms with Gasteiger partial charge >= 0.3 is 0 Å². The van der Waals surface area contributed by atoms with E-state index in [1.165, 1.54) is 38.6 Å². The minimum Gasteiger partial charge on any atom is -0.451 e. The van der Waals surface area contributed by atoms with Gasteiger partial charge < -0.3 is 14.5 Å². The zero-order chi connectivity index (χ0) is 46.9. The summed E-state index contributed by atoms with van der Waals surface area (Å²) in [6, 6.07) is 90.7. The van der Waals surface area contributed by atoms with Crippen LogP contribution in [0.15, 0.2) is 255 Å². The van der Waals surface area contributed by atoms with E-state index < -0.39 is 5.41 Å². The quantitative estimate of drug-likeness (QED) is 0.149. The number of rotatable bonds is 7. The largest absolute Gasteiger partial charge is 0.451 e. The van der Waals surface area contributed by atoms with Crippen molar-refractivity contribution < 1.29 is 4.74 Å². The summed E-state index contributed by atoms with van der Waals surface area (Å²) in [5.41, 5.74) is 16.7. The van der Waals surface area contributed by atoms with Crippen molar-refractivity contribution in [1.82, 2.24) is 15.0 Å². The molecule has 0 saturated heterocycles. The molecule has 71 heavy (non-hydrogen) atoms. The first-order valence-corrected chi connectivity index (χ1v) is 24.1. The number of nitrogens with zero attached hydrogens (tertiary/aromatic N) is 5. The van der Waals surface area contributed by atoms with E-state index in [1.807, 2.05) is 60.7 Å². The summed E-state index contributed by atoms with van der Waals surface area (Å²) in [4.78, 5) is 20.0. The fourth-order valence-corrected chi connectivity index (χ4v) is 11.5. The molecule has 3 aliphatic heterocycles. The number of benzene rings is 10. The highest BCUT2D eigenvalue weighted by atomic mass is 16.5. The van der Waals surface area contributed by atoms with Gasteiger partial charge in [0, 0.05) is 33.8 Å². The van der Waals surface area contributed by atoms with Crippen molar-refractivity contribution in [2.24, 2.45) is 0 Å². The molecule has 10 aromatic carbocycles. The number of hydrogen-bond acceptors (Lipinski definition) is 6. The van der Waals surface area contributed by atoms with Crippen LogP contribution in [0, 0.1) is 0 Å². The van der Waals surface area contributed by atoms with Gasteiger partial charge in [-0.3, -0.25) is 0 Å². The third kappa shape index (κ3) is 6.33. The lowest BCUT2D eigenvalue weighted by molar-refractivity contribution is 0.478. The summed E-state index contributed by atoms with van der Waals surface area (Å²) in [5.74, 6) is 3.41. The van der Waals surface area contributed by atoms with Crippen LogP contribution in [-0.4, -0.2) is 21.7 Å². The summed E-state index contributed by atoms with van der Waals surface area (Å²) >= 11 is 0. The molecule has 7 heteroatoms. The Morgan fingerprint density at radius 1 is 0.366 bits per heavy atom. The van der Waals surface area contributed by atoms with Crippen LogP contribution in [0.4, 0.5) is 34.1 Å². The van der Waals surface area contributed by atoms with Crippen molar-refractivity contribution in [3.05, 3.63) is 277 Å². The molecule has 0 radical (unpaired) electrons. The highest BCUT2D eigenvalue weighted by Crippen LogP contribution is 2.59. The van der Waals surface area contributed by atoms with Crippen molar-refractivity contribution in [1.29, 1.82) is 0 Å². The van der Waals surface area contributed by atoms with E-state index in [2.05, 4.69) is 204 Å². The van der Waals surface area contributed by atoms with Crippen LogP contribution in [0.25, 0.3) is 34.2 Å². The average molecular weight is 908 g/mol. The predicted molar refractivity (Wildman–Crippen MR) is 289 cm³/mol. The van der Waals surface area contributed by atoms with Gasteiger partial charge in [-0.2, -0.15) is 0 Å². The Morgan fingerprint density at radius 2 is 0.831 bits per heavy atom. The molecule has 0 atom stereocenters. The van der Waals surface area contributed by atoms with Gasteiger partial charge in [-0.25, -0.2) is 15.0 Å². The van der Waals surface area contributed by atoms with E-state index in [-0.39, 0.29) is 6.71 Å². The Balaban J connectivity index is 1.05. The lowest BCUT2D eigenvalue weighted by atomic mass is 9.29. The normalized spacial score (nSPS) is 13.5. The number of anilines is 6. The molecule has 14 rings (SSSR count). The summed E-state index contributed by atoms with van der Waals surface area (Å²) in [5, 5.41) is 0. The van der Waals surface area contributed by atoms with E-state index >= 15 is 0 Å². The summed E-state index contributed by atoms with van der Waals surface area (Å²) < 4.78 is 7.43. The van der Waals surface area contributed by atoms with Crippen LogP contribution in [0.3, 0.4) is 0 Å². The minimum absolute atomic E-state index is 0.0892. The zero-order valence-electron chi connectivity index (χ0n) is 38.5. The fourth-order valence-electron chi connectivity index (χ4n) is 11.5. The molecule has 11 aromatic rings. The lowest BCUT2D eigenvalue weighted by Gasteiger charge is -2.50. The van der Waals surface area contributed by atoms with E-state index in [0.29, 0.717) is 17.5 Å². The van der Waals surface area contributed by atoms with Gasteiger partial charge in [0.15, 0.2) is 29.0 Å². The maximum Gasteiger partial charge on any atom is 0.247 e. The first-order valence-electron chi connectivity index (χ1n) is 24.1.